The zero-order valence-electron chi connectivity index (χ0n) is 19.3. The predicted molar refractivity (Wildman–Crippen MR) is 137 cm³/mol. The molecule has 0 fully saturated rings. The second-order valence-corrected chi connectivity index (χ2v) is 9.74. The normalized spacial score (nSPS) is 11.8. The van der Waals surface area contributed by atoms with E-state index in [-0.39, 0.29) is 29.4 Å². The minimum atomic E-state index is -0.376. The van der Waals surface area contributed by atoms with Gasteiger partial charge in [0.05, 0.1) is 18.9 Å². The zero-order chi connectivity index (χ0) is 24.7. The monoisotopic (exact) mass is 542 g/mol. The summed E-state index contributed by atoms with van der Waals surface area (Å²) < 4.78 is 7.98. The minimum Gasteiger partial charge on any atom is -0.497 e. The number of halogens is 1. The maximum atomic E-state index is 12.9. The van der Waals surface area contributed by atoms with Gasteiger partial charge in [-0.2, -0.15) is 0 Å². The van der Waals surface area contributed by atoms with Gasteiger partial charge in [-0.15, -0.1) is 16.8 Å². The van der Waals surface area contributed by atoms with Crippen LogP contribution in [-0.4, -0.2) is 39.3 Å². The molecule has 0 aliphatic carbocycles. The van der Waals surface area contributed by atoms with Gasteiger partial charge in [-0.25, -0.2) is 0 Å². The van der Waals surface area contributed by atoms with Crippen LogP contribution >= 0.6 is 27.7 Å². The number of carbonyl (C=O) groups is 2. The number of ether oxygens (including phenoxy) is 1. The van der Waals surface area contributed by atoms with Gasteiger partial charge in [-0.05, 0) is 42.3 Å². The summed E-state index contributed by atoms with van der Waals surface area (Å²) in [5.74, 6) is 1.37. The summed E-state index contributed by atoms with van der Waals surface area (Å²) in [7, 11) is 1.58. The van der Waals surface area contributed by atoms with Crippen molar-refractivity contribution < 1.29 is 14.3 Å². The molecule has 178 valence electrons. The van der Waals surface area contributed by atoms with Gasteiger partial charge in [-0.1, -0.05) is 59.7 Å². The SMILES string of the molecule is C=CCn1c(SCC(=O)c2ccc(Br)cc2)nnc1[C@@H](NC(=O)c1ccc(OC)cc1)C(C)C. The van der Waals surface area contributed by atoms with E-state index in [4.69, 9.17) is 4.74 Å². The number of rotatable bonds is 11. The average Bonchev–Trinajstić information content (AvgIpc) is 3.23. The number of ketones is 1. The quantitative estimate of drug-likeness (QED) is 0.200. The van der Waals surface area contributed by atoms with Crippen molar-refractivity contribution in [2.75, 3.05) is 12.9 Å². The summed E-state index contributed by atoms with van der Waals surface area (Å²) in [5, 5.41) is 12.4. The van der Waals surface area contributed by atoms with Gasteiger partial charge in [-0.3, -0.25) is 9.59 Å². The van der Waals surface area contributed by atoms with E-state index < -0.39 is 0 Å². The van der Waals surface area contributed by atoms with Crippen LogP contribution in [0, 0.1) is 5.92 Å². The van der Waals surface area contributed by atoms with Crippen LogP contribution in [0.1, 0.15) is 46.4 Å². The van der Waals surface area contributed by atoms with Crippen molar-refractivity contribution in [2.45, 2.75) is 31.6 Å². The van der Waals surface area contributed by atoms with Crippen molar-refractivity contribution >= 4 is 39.4 Å². The van der Waals surface area contributed by atoms with Gasteiger partial charge in [0.2, 0.25) is 0 Å². The first kappa shape index (κ1) is 25.7. The second kappa shape index (κ2) is 12.0. The van der Waals surface area contributed by atoms with Crippen LogP contribution in [0.25, 0.3) is 0 Å². The fraction of sp³-hybridized carbons (Fsp3) is 0.280. The number of methoxy groups -OCH3 is 1. The van der Waals surface area contributed by atoms with Crippen LogP contribution < -0.4 is 10.1 Å². The molecule has 0 aliphatic rings. The molecule has 1 aromatic heterocycles. The molecule has 1 N–H and O–H groups in total. The Kier molecular flexibility index (Phi) is 9.06. The fourth-order valence-corrected chi connectivity index (χ4v) is 4.40. The summed E-state index contributed by atoms with van der Waals surface area (Å²) >= 11 is 4.70. The number of hydrogen-bond donors (Lipinski definition) is 1. The van der Waals surface area contributed by atoms with Gasteiger partial charge in [0, 0.05) is 22.1 Å². The fourth-order valence-electron chi connectivity index (χ4n) is 3.28. The van der Waals surface area contributed by atoms with Gasteiger partial charge in [0.25, 0.3) is 5.91 Å². The summed E-state index contributed by atoms with van der Waals surface area (Å²) in [6.07, 6.45) is 1.75. The van der Waals surface area contributed by atoms with E-state index in [1.807, 2.05) is 30.5 Å². The third-order valence-electron chi connectivity index (χ3n) is 5.14. The summed E-state index contributed by atoms with van der Waals surface area (Å²) in [6, 6.07) is 13.8. The summed E-state index contributed by atoms with van der Waals surface area (Å²) in [6.45, 7) is 8.32. The summed E-state index contributed by atoms with van der Waals surface area (Å²) in [4.78, 5) is 25.5. The van der Waals surface area contributed by atoms with Crippen LogP contribution in [0.2, 0.25) is 0 Å². The first-order valence-corrected chi connectivity index (χ1v) is 12.5. The Hall–Kier alpha value is -2.91. The topological polar surface area (TPSA) is 86.1 Å². The van der Waals surface area contributed by atoms with Crippen molar-refractivity contribution in [3.63, 3.8) is 0 Å². The zero-order valence-corrected chi connectivity index (χ0v) is 21.7. The molecule has 0 saturated carbocycles. The molecule has 0 aliphatic heterocycles. The Morgan fingerprint density at radius 2 is 1.76 bits per heavy atom. The number of allylic oxidation sites excluding steroid dienone is 1. The van der Waals surface area contributed by atoms with E-state index in [9.17, 15) is 9.59 Å². The molecule has 9 heteroatoms. The van der Waals surface area contributed by atoms with E-state index in [1.54, 1.807) is 49.6 Å². The van der Waals surface area contributed by atoms with E-state index in [0.29, 0.717) is 34.4 Å². The summed E-state index contributed by atoms with van der Waals surface area (Å²) in [5.41, 5.74) is 1.16. The smallest absolute Gasteiger partial charge is 0.251 e. The molecule has 3 aromatic rings. The molecule has 0 spiro atoms. The van der Waals surface area contributed by atoms with Gasteiger partial charge in [0.15, 0.2) is 16.8 Å². The van der Waals surface area contributed by atoms with E-state index in [0.717, 1.165) is 4.47 Å². The molecule has 34 heavy (non-hydrogen) atoms. The molecule has 0 unspecified atom stereocenters. The maximum absolute atomic E-state index is 12.9. The third kappa shape index (κ3) is 6.36. The van der Waals surface area contributed by atoms with E-state index >= 15 is 0 Å². The van der Waals surface area contributed by atoms with Crippen molar-refractivity contribution in [1.29, 1.82) is 0 Å². The molecule has 1 heterocycles. The Morgan fingerprint density at radius 3 is 2.35 bits per heavy atom. The lowest BCUT2D eigenvalue weighted by Crippen LogP contribution is -2.33. The molecule has 3 rings (SSSR count). The lowest BCUT2D eigenvalue weighted by atomic mass is 10.0. The standard InChI is InChI=1S/C25H27BrN4O3S/c1-5-14-30-23(22(16(2)3)27-24(32)18-8-12-20(33-4)13-9-18)28-29-25(30)34-15-21(31)17-6-10-19(26)11-7-17/h5-13,16,22H,1,14-15H2,2-4H3,(H,27,32)/t22-/m0/s1. The highest BCUT2D eigenvalue weighted by molar-refractivity contribution is 9.10. The van der Waals surface area contributed by atoms with Crippen LogP contribution in [0.3, 0.4) is 0 Å². The van der Waals surface area contributed by atoms with Crippen molar-refractivity contribution in [1.82, 2.24) is 20.1 Å². The van der Waals surface area contributed by atoms with E-state index in [1.165, 1.54) is 11.8 Å². The lowest BCUT2D eigenvalue weighted by Gasteiger charge is -2.22. The third-order valence-corrected chi connectivity index (χ3v) is 6.63. The number of aromatic nitrogens is 3. The van der Waals surface area contributed by atoms with Crippen LogP contribution in [0.5, 0.6) is 5.75 Å². The maximum Gasteiger partial charge on any atom is 0.251 e. The molecule has 1 amide bonds. The first-order chi connectivity index (χ1) is 16.3. The van der Waals surface area contributed by atoms with Crippen LogP contribution in [-0.2, 0) is 6.54 Å². The Labute approximate surface area is 212 Å². The largest absolute Gasteiger partial charge is 0.497 e. The highest BCUT2D eigenvalue weighted by Crippen LogP contribution is 2.26. The molecule has 0 bridgehead atoms. The minimum absolute atomic E-state index is 0.000390. The number of Topliss-reactive ketones (excluding diaryl/α,β-unsaturated/α-hetero) is 1. The molecule has 0 saturated heterocycles. The number of benzene rings is 2. The molecule has 2 aromatic carbocycles. The average molecular weight is 543 g/mol. The Bertz CT molecular complexity index is 1140. The van der Waals surface area contributed by atoms with Gasteiger partial charge < -0.3 is 14.6 Å². The number of carbonyl (C=O) groups excluding carboxylic acids is 2. The number of nitrogens with zero attached hydrogens (tertiary/aromatic N) is 3. The highest BCUT2D eigenvalue weighted by Gasteiger charge is 2.26. The molecule has 0 radical (unpaired) electrons. The van der Waals surface area contributed by atoms with Crippen molar-refractivity contribution in [3.8, 4) is 5.75 Å². The predicted octanol–water partition coefficient (Wildman–Crippen LogP) is 5.34. The molecular weight excluding hydrogens is 516 g/mol. The number of hydrogen-bond acceptors (Lipinski definition) is 6. The molecule has 1 atom stereocenters. The number of thioether (sulfide) groups is 1. The van der Waals surface area contributed by atoms with Gasteiger partial charge >= 0.3 is 0 Å². The molecular formula is C25H27BrN4O3S. The Balaban J connectivity index is 1.79. The number of amides is 1. The lowest BCUT2D eigenvalue weighted by molar-refractivity contribution is 0.0921. The van der Waals surface area contributed by atoms with E-state index in [2.05, 4.69) is 38.0 Å². The number of nitrogens with one attached hydrogen (secondary N) is 1. The molecule has 7 nitrogen and oxygen atoms in total. The second-order valence-electron chi connectivity index (χ2n) is 7.88. The first-order valence-electron chi connectivity index (χ1n) is 10.7. The van der Waals surface area contributed by atoms with Crippen molar-refractivity contribution in [3.05, 3.63) is 82.6 Å². The van der Waals surface area contributed by atoms with Crippen molar-refractivity contribution in [2.24, 2.45) is 5.92 Å². The van der Waals surface area contributed by atoms with Gasteiger partial charge in [0.1, 0.15) is 5.75 Å². The van der Waals surface area contributed by atoms with Crippen LogP contribution in [0.4, 0.5) is 0 Å². The highest BCUT2D eigenvalue weighted by atomic mass is 79.9. The Morgan fingerprint density at radius 1 is 1.12 bits per heavy atom. The van der Waals surface area contributed by atoms with Crippen LogP contribution in [0.15, 0.2) is 70.8 Å².